The molecule has 26 heavy (non-hydrogen) atoms. The minimum absolute atomic E-state index is 0.705. The Balaban J connectivity index is 1.82. The summed E-state index contributed by atoms with van der Waals surface area (Å²) < 4.78 is 0. The van der Waals surface area contributed by atoms with E-state index in [4.69, 9.17) is 4.98 Å². The average Bonchev–Trinajstić information content (AvgIpc) is 2.72. The van der Waals surface area contributed by atoms with E-state index in [1.807, 2.05) is 84.9 Å². The molecule has 4 aromatic rings. The van der Waals surface area contributed by atoms with E-state index in [2.05, 4.69) is 29.7 Å². The molecular formula is C25H15N. The van der Waals surface area contributed by atoms with Crippen molar-refractivity contribution < 1.29 is 0 Å². The molecule has 0 saturated carbocycles. The van der Waals surface area contributed by atoms with Crippen LogP contribution in [0.3, 0.4) is 0 Å². The molecule has 0 fully saturated rings. The lowest BCUT2D eigenvalue weighted by Crippen LogP contribution is -1.91. The quantitative estimate of drug-likeness (QED) is 0.412. The zero-order valence-electron chi connectivity index (χ0n) is 14.1. The monoisotopic (exact) mass is 329 g/mol. The zero-order valence-corrected chi connectivity index (χ0v) is 14.1. The van der Waals surface area contributed by atoms with Crippen molar-refractivity contribution in [2.24, 2.45) is 0 Å². The normalized spacial score (nSPS) is 9.69. The minimum Gasteiger partial charge on any atom is -0.238 e. The number of nitrogens with zero attached hydrogens (tertiary/aromatic N) is 1. The lowest BCUT2D eigenvalue weighted by molar-refractivity contribution is 1.34. The molecule has 120 valence electrons. The number of hydrogen-bond acceptors (Lipinski definition) is 1. The predicted octanol–water partition coefficient (Wildman–Crippen LogP) is 5.03. The minimum atomic E-state index is 0.705. The number of rotatable bonds is 0. The lowest BCUT2D eigenvalue weighted by atomic mass is 10.1. The van der Waals surface area contributed by atoms with E-state index in [-0.39, 0.29) is 0 Å². The van der Waals surface area contributed by atoms with Gasteiger partial charge < -0.3 is 0 Å². The van der Waals surface area contributed by atoms with Gasteiger partial charge in [0.15, 0.2) is 0 Å². The summed E-state index contributed by atoms with van der Waals surface area (Å²) in [5, 5.41) is 1.06. The van der Waals surface area contributed by atoms with Crippen molar-refractivity contribution in [1.82, 2.24) is 4.98 Å². The van der Waals surface area contributed by atoms with Gasteiger partial charge in [-0.1, -0.05) is 72.4 Å². The molecule has 1 heteroatoms. The Bertz CT molecular complexity index is 1070. The smallest absolute Gasteiger partial charge is 0.129 e. The van der Waals surface area contributed by atoms with Crippen LogP contribution in [0, 0.1) is 23.7 Å². The fourth-order valence-electron chi connectivity index (χ4n) is 2.62. The van der Waals surface area contributed by atoms with Gasteiger partial charge in [-0.05, 0) is 42.3 Å². The Kier molecular flexibility index (Phi) is 4.46. The Morgan fingerprint density at radius 3 is 1.81 bits per heavy atom. The Morgan fingerprint density at radius 1 is 0.538 bits per heavy atom. The van der Waals surface area contributed by atoms with E-state index in [1.54, 1.807) is 0 Å². The summed E-state index contributed by atoms with van der Waals surface area (Å²) in [5.74, 6) is 12.8. The molecule has 0 atom stereocenters. The molecule has 1 nitrogen and oxygen atoms in total. The third kappa shape index (κ3) is 3.64. The van der Waals surface area contributed by atoms with Crippen LogP contribution < -0.4 is 0 Å². The second kappa shape index (κ2) is 7.39. The number of pyridine rings is 1. The Hall–Kier alpha value is -3.81. The van der Waals surface area contributed by atoms with Crippen LogP contribution in [0.25, 0.3) is 10.9 Å². The standard InChI is InChI=1S/C25H15N/c1-3-9-20(10-4-1)15-17-23-19-22-13-7-8-14-24(22)26-25(23)18-16-21-11-5-2-6-12-21/h1-14,19H. The number of hydrogen-bond donors (Lipinski definition) is 0. The van der Waals surface area contributed by atoms with E-state index in [0.29, 0.717) is 5.69 Å². The second-order valence-corrected chi connectivity index (χ2v) is 5.81. The molecule has 0 N–H and O–H groups in total. The van der Waals surface area contributed by atoms with Crippen LogP contribution in [0.1, 0.15) is 22.4 Å². The Labute approximate surface area is 153 Å². The molecule has 0 aliphatic heterocycles. The molecule has 3 aromatic carbocycles. The number of aromatic nitrogens is 1. The first kappa shape index (κ1) is 15.7. The first-order chi connectivity index (χ1) is 12.9. The highest BCUT2D eigenvalue weighted by molar-refractivity contribution is 5.81. The summed E-state index contributed by atoms with van der Waals surface area (Å²) in [7, 11) is 0. The molecule has 0 radical (unpaired) electrons. The van der Waals surface area contributed by atoms with E-state index in [9.17, 15) is 0 Å². The van der Waals surface area contributed by atoms with Crippen LogP contribution in [-0.4, -0.2) is 4.98 Å². The maximum atomic E-state index is 4.73. The van der Waals surface area contributed by atoms with Crippen LogP contribution in [0.2, 0.25) is 0 Å². The third-order valence-electron chi connectivity index (χ3n) is 3.94. The molecule has 4 rings (SSSR count). The topological polar surface area (TPSA) is 12.9 Å². The summed E-state index contributed by atoms with van der Waals surface area (Å²) in [6.45, 7) is 0. The average molecular weight is 329 g/mol. The summed E-state index contributed by atoms with van der Waals surface area (Å²) in [6, 6.07) is 30.0. The van der Waals surface area contributed by atoms with Crippen molar-refractivity contribution >= 4 is 10.9 Å². The van der Waals surface area contributed by atoms with Crippen LogP contribution in [0.4, 0.5) is 0 Å². The van der Waals surface area contributed by atoms with Gasteiger partial charge in [0.05, 0.1) is 11.1 Å². The number of fused-ring (bicyclic) bond motifs is 1. The summed E-state index contributed by atoms with van der Waals surface area (Å²) in [5.41, 5.74) is 4.41. The highest BCUT2D eigenvalue weighted by Gasteiger charge is 2.03. The molecule has 0 unspecified atom stereocenters. The number of para-hydroxylation sites is 1. The van der Waals surface area contributed by atoms with E-state index < -0.39 is 0 Å². The third-order valence-corrected chi connectivity index (χ3v) is 3.94. The van der Waals surface area contributed by atoms with Gasteiger partial charge in [0, 0.05) is 16.5 Å². The molecule has 0 aliphatic rings. The second-order valence-electron chi connectivity index (χ2n) is 5.81. The summed E-state index contributed by atoms with van der Waals surface area (Å²) >= 11 is 0. The Morgan fingerprint density at radius 2 is 1.12 bits per heavy atom. The van der Waals surface area contributed by atoms with Crippen LogP contribution in [0.5, 0.6) is 0 Å². The largest absolute Gasteiger partial charge is 0.238 e. The molecule has 1 heterocycles. The fourth-order valence-corrected chi connectivity index (χ4v) is 2.62. The molecule has 0 aliphatic carbocycles. The van der Waals surface area contributed by atoms with E-state index >= 15 is 0 Å². The molecule has 0 amide bonds. The van der Waals surface area contributed by atoms with E-state index in [1.165, 1.54) is 0 Å². The first-order valence-electron chi connectivity index (χ1n) is 8.42. The van der Waals surface area contributed by atoms with Gasteiger partial charge in [0.2, 0.25) is 0 Å². The van der Waals surface area contributed by atoms with Gasteiger partial charge in [-0.25, -0.2) is 4.98 Å². The summed E-state index contributed by atoms with van der Waals surface area (Å²) in [6.07, 6.45) is 0. The van der Waals surface area contributed by atoms with E-state index in [0.717, 1.165) is 27.6 Å². The lowest BCUT2D eigenvalue weighted by Gasteiger charge is -2.01. The van der Waals surface area contributed by atoms with Crippen molar-refractivity contribution in [3.05, 3.63) is 113 Å². The molecule has 0 spiro atoms. The van der Waals surface area contributed by atoms with Crippen LogP contribution in [0.15, 0.2) is 91.0 Å². The fraction of sp³-hybridized carbons (Fsp3) is 0. The molecule has 0 saturated heterocycles. The molecule has 0 bridgehead atoms. The highest BCUT2D eigenvalue weighted by Crippen LogP contribution is 2.16. The van der Waals surface area contributed by atoms with Crippen molar-refractivity contribution in [2.75, 3.05) is 0 Å². The summed E-state index contributed by atoms with van der Waals surface area (Å²) in [4.78, 5) is 4.73. The number of benzene rings is 3. The van der Waals surface area contributed by atoms with Crippen molar-refractivity contribution in [2.45, 2.75) is 0 Å². The maximum absolute atomic E-state index is 4.73. The van der Waals surface area contributed by atoms with Gasteiger partial charge in [0.25, 0.3) is 0 Å². The molecular weight excluding hydrogens is 314 g/mol. The maximum Gasteiger partial charge on any atom is 0.129 e. The van der Waals surface area contributed by atoms with Gasteiger partial charge >= 0.3 is 0 Å². The van der Waals surface area contributed by atoms with Crippen LogP contribution in [-0.2, 0) is 0 Å². The van der Waals surface area contributed by atoms with Crippen molar-refractivity contribution in [1.29, 1.82) is 0 Å². The van der Waals surface area contributed by atoms with Gasteiger partial charge in [-0.15, -0.1) is 0 Å². The zero-order chi connectivity index (χ0) is 17.6. The highest BCUT2D eigenvalue weighted by atomic mass is 14.7. The van der Waals surface area contributed by atoms with Crippen LogP contribution >= 0.6 is 0 Å². The van der Waals surface area contributed by atoms with Gasteiger partial charge in [-0.3, -0.25) is 0 Å². The molecule has 1 aromatic heterocycles. The van der Waals surface area contributed by atoms with Crippen molar-refractivity contribution in [3.63, 3.8) is 0 Å². The van der Waals surface area contributed by atoms with Crippen molar-refractivity contribution in [3.8, 4) is 23.7 Å². The van der Waals surface area contributed by atoms with Gasteiger partial charge in [-0.2, -0.15) is 0 Å². The predicted molar refractivity (Wildman–Crippen MR) is 107 cm³/mol. The first-order valence-corrected chi connectivity index (χ1v) is 8.42. The SMILES string of the molecule is C(#Cc1cc2ccccc2nc1C#Cc1ccccc1)c1ccccc1. The van der Waals surface area contributed by atoms with Gasteiger partial charge in [0.1, 0.15) is 5.69 Å².